The molecule has 0 saturated carbocycles. The number of hydrogen-bond donors (Lipinski definition) is 3. The standard InChI is InChI=1S/C27H34N2O5/c1-4-18(24(30)29-17-27(5-2,6-3)25(31)32)15-28-26(33)34-16-23-21-13-9-7-11-19(21)20-12-8-10-14-22(20)23/h7-14,18,23H,4-6,15-17H2,1-3H3,(H,28,33)(H,29,30)(H,31,32). The summed E-state index contributed by atoms with van der Waals surface area (Å²) in [6.07, 6.45) is 0.783. The van der Waals surface area contributed by atoms with E-state index in [4.69, 9.17) is 4.74 Å². The SMILES string of the molecule is CCC(CNC(=O)OCC1c2ccccc2-c2ccccc21)C(=O)NCC(CC)(CC)C(=O)O. The highest BCUT2D eigenvalue weighted by Crippen LogP contribution is 2.44. The predicted molar refractivity (Wildman–Crippen MR) is 131 cm³/mol. The molecule has 3 rings (SSSR count). The van der Waals surface area contributed by atoms with E-state index in [1.807, 2.05) is 31.2 Å². The summed E-state index contributed by atoms with van der Waals surface area (Å²) in [6.45, 7) is 5.86. The third-order valence-electron chi connectivity index (χ3n) is 7.11. The van der Waals surface area contributed by atoms with E-state index in [0.29, 0.717) is 19.3 Å². The summed E-state index contributed by atoms with van der Waals surface area (Å²) in [5, 5.41) is 15.0. The summed E-state index contributed by atoms with van der Waals surface area (Å²) in [5.74, 6) is -1.69. The Morgan fingerprint density at radius 2 is 1.50 bits per heavy atom. The van der Waals surface area contributed by atoms with Crippen molar-refractivity contribution in [3.8, 4) is 11.1 Å². The van der Waals surface area contributed by atoms with Crippen molar-refractivity contribution in [3.63, 3.8) is 0 Å². The minimum absolute atomic E-state index is 0.0318. The van der Waals surface area contributed by atoms with Crippen molar-refractivity contribution in [2.24, 2.45) is 11.3 Å². The van der Waals surface area contributed by atoms with Crippen molar-refractivity contribution >= 4 is 18.0 Å². The molecule has 182 valence electrons. The maximum Gasteiger partial charge on any atom is 0.407 e. The van der Waals surface area contributed by atoms with Gasteiger partial charge in [-0.3, -0.25) is 9.59 Å². The van der Waals surface area contributed by atoms with Gasteiger partial charge in [-0.15, -0.1) is 0 Å². The van der Waals surface area contributed by atoms with E-state index >= 15 is 0 Å². The largest absolute Gasteiger partial charge is 0.481 e. The van der Waals surface area contributed by atoms with Gasteiger partial charge in [-0.2, -0.15) is 0 Å². The summed E-state index contributed by atoms with van der Waals surface area (Å²) in [5.41, 5.74) is 3.61. The fourth-order valence-corrected chi connectivity index (χ4v) is 4.56. The topological polar surface area (TPSA) is 105 Å². The van der Waals surface area contributed by atoms with Gasteiger partial charge in [0.1, 0.15) is 6.61 Å². The van der Waals surface area contributed by atoms with Gasteiger partial charge in [0.2, 0.25) is 5.91 Å². The lowest BCUT2D eigenvalue weighted by molar-refractivity contribution is -0.149. The van der Waals surface area contributed by atoms with Gasteiger partial charge in [0.15, 0.2) is 0 Å². The lowest BCUT2D eigenvalue weighted by Crippen LogP contribution is -2.46. The highest BCUT2D eigenvalue weighted by atomic mass is 16.5. The number of carboxylic acid groups (broad SMARTS) is 1. The van der Waals surface area contributed by atoms with Crippen LogP contribution in [0.3, 0.4) is 0 Å². The molecule has 3 N–H and O–H groups in total. The Morgan fingerprint density at radius 3 is 2.00 bits per heavy atom. The van der Waals surface area contributed by atoms with Crippen LogP contribution in [0.2, 0.25) is 0 Å². The zero-order valence-corrected chi connectivity index (χ0v) is 20.1. The van der Waals surface area contributed by atoms with Gasteiger partial charge in [-0.1, -0.05) is 69.3 Å². The van der Waals surface area contributed by atoms with E-state index in [2.05, 4.69) is 34.9 Å². The summed E-state index contributed by atoms with van der Waals surface area (Å²) >= 11 is 0. The zero-order valence-electron chi connectivity index (χ0n) is 20.1. The number of aliphatic carboxylic acids is 1. The average Bonchev–Trinajstić information content (AvgIpc) is 3.17. The van der Waals surface area contributed by atoms with Crippen molar-refractivity contribution in [2.45, 2.75) is 46.0 Å². The van der Waals surface area contributed by atoms with Crippen LogP contribution >= 0.6 is 0 Å². The maximum absolute atomic E-state index is 12.6. The number of carboxylic acids is 1. The monoisotopic (exact) mass is 466 g/mol. The van der Waals surface area contributed by atoms with Crippen molar-refractivity contribution in [1.29, 1.82) is 0 Å². The Morgan fingerprint density at radius 1 is 0.941 bits per heavy atom. The number of hydrogen-bond acceptors (Lipinski definition) is 4. The summed E-state index contributed by atoms with van der Waals surface area (Å²) in [7, 11) is 0. The van der Waals surface area contributed by atoms with E-state index < -0.39 is 23.4 Å². The summed E-state index contributed by atoms with van der Waals surface area (Å²) in [4.78, 5) is 36.7. The first-order valence-corrected chi connectivity index (χ1v) is 12.0. The van der Waals surface area contributed by atoms with Crippen LogP contribution in [0.1, 0.15) is 57.1 Å². The molecule has 1 aliphatic rings. The van der Waals surface area contributed by atoms with Gasteiger partial charge in [0.25, 0.3) is 0 Å². The summed E-state index contributed by atoms with van der Waals surface area (Å²) < 4.78 is 5.54. The molecule has 0 saturated heterocycles. The average molecular weight is 467 g/mol. The molecule has 0 spiro atoms. The van der Waals surface area contributed by atoms with E-state index in [1.165, 1.54) is 0 Å². The Hall–Kier alpha value is -3.35. The van der Waals surface area contributed by atoms with Gasteiger partial charge in [-0.05, 0) is 41.5 Å². The van der Waals surface area contributed by atoms with E-state index in [-0.39, 0.29) is 31.5 Å². The van der Waals surface area contributed by atoms with Gasteiger partial charge in [-0.25, -0.2) is 4.79 Å². The first-order valence-electron chi connectivity index (χ1n) is 12.0. The van der Waals surface area contributed by atoms with Crippen LogP contribution in [0.4, 0.5) is 4.79 Å². The van der Waals surface area contributed by atoms with Crippen LogP contribution in [0.5, 0.6) is 0 Å². The molecule has 2 amide bonds. The number of amides is 2. The number of alkyl carbamates (subject to hydrolysis) is 1. The Kier molecular flexibility index (Phi) is 8.31. The van der Waals surface area contributed by atoms with Crippen molar-refractivity contribution in [2.75, 3.05) is 19.7 Å². The molecule has 1 atom stereocenters. The number of nitrogens with one attached hydrogen (secondary N) is 2. The van der Waals surface area contributed by atoms with Crippen LogP contribution in [0.15, 0.2) is 48.5 Å². The second-order valence-corrected chi connectivity index (χ2v) is 8.82. The Balaban J connectivity index is 1.53. The van der Waals surface area contributed by atoms with Crippen LogP contribution < -0.4 is 10.6 Å². The molecule has 7 nitrogen and oxygen atoms in total. The van der Waals surface area contributed by atoms with E-state index in [1.54, 1.807) is 13.8 Å². The smallest absolute Gasteiger partial charge is 0.407 e. The van der Waals surface area contributed by atoms with Gasteiger partial charge in [0, 0.05) is 19.0 Å². The van der Waals surface area contributed by atoms with Crippen LogP contribution in [0.25, 0.3) is 11.1 Å². The molecule has 34 heavy (non-hydrogen) atoms. The minimum Gasteiger partial charge on any atom is -0.481 e. The van der Waals surface area contributed by atoms with Crippen molar-refractivity contribution < 1.29 is 24.2 Å². The normalized spacial score (nSPS) is 13.5. The highest BCUT2D eigenvalue weighted by molar-refractivity contribution is 5.82. The van der Waals surface area contributed by atoms with Gasteiger partial charge >= 0.3 is 12.1 Å². The molecule has 7 heteroatoms. The predicted octanol–water partition coefficient (Wildman–Crippen LogP) is 4.56. The van der Waals surface area contributed by atoms with E-state index in [0.717, 1.165) is 22.3 Å². The third kappa shape index (κ3) is 5.24. The minimum atomic E-state index is -0.978. The summed E-state index contributed by atoms with van der Waals surface area (Å²) in [6, 6.07) is 16.2. The molecule has 1 unspecified atom stereocenters. The van der Waals surface area contributed by atoms with Gasteiger partial charge < -0.3 is 20.5 Å². The fourth-order valence-electron chi connectivity index (χ4n) is 4.56. The number of carbonyl (C=O) groups is 3. The molecule has 2 aromatic rings. The molecule has 2 aromatic carbocycles. The molecular weight excluding hydrogens is 432 g/mol. The first kappa shape index (κ1) is 25.3. The van der Waals surface area contributed by atoms with Crippen LogP contribution in [0, 0.1) is 11.3 Å². The van der Waals surface area contributed by atoms with Crippen LogP contribution in [-0.4, -0.2) is 42.8 Å². The molecule has 0 aliphatic heterocycles. The van der Waals surface area contributed by atoms with Crippen LogP contribution in [-0.2, 0) is 14.3 Å². The zero-order chi connectivity index (χ0) is 24.7. The van der Waals surface area contributed by atoms with Crippen molar-refractivity contribution in [1.82, 2.24) is 10.6 Å². The van der Waals surface area contributed by atoms with E-state index in [9.17, 15) is 19.5 Å². The molecule has 0 aromatic heterocycles. The number of ether oxygens (including phenoxy) is 1. The lowest BCUT2D eigenvalue weighted by atomic mass is 9.82. The Labute approximate surface area is 200 Å². The molecular formula is C27H34N2O5. The highest BCUT2D eigenvalue weighted by Gasteiger charge is 2.35. The lowest BCUT2D eigenvalue weighted by Gasteiger charge is -2.28. The number of rotatable bonds is 11. The quantitative estimate of drug-likeness (QED) is 0.450. The molecule has 0 bridgehead atoms. The number of carbonyl (C=O) groups excluding carboxylic acids is 2. The second kappa shape index (κ2) is 11.2. The molecule has 1 aliphatic carbocycles. The number of benzene rings is 2. The van der Waals surface area contributed by atoms with Gasteiger partial charge in [0.05, 0.1) is 11.3 Å². The molecule has 0 radical (unpaired) electrons. The number of fused-ring (bicyclic) bond motifs is 3. The first-order chi connectivity index (χ1) is 16.4. The Bertz CT molecular complexity index is 986. The second-order valence-electron chi connectivity index (χ2n) is 8.82. The molecule has 0 fully saturated rings. The fraction of sp³-hybridized carbons (Fsp3) is 0.444. The molecule has 0 heterocycles. The van der Waals surface area contributed by atoms with Crippen molar-refractivity contribution in [3.05, 3.63) is 59.7 Å². The third-order valence-corrected chi connectivity index (χ3v) is 7.11. The maximum atomic E-state index is 12.6.